The van der Waals surface area contributed by atoms with Crippen LogP contribution in [0, 0.1) is 40.5 Å². The fourth-order valence-corrected chi connectivity index (χ4v) is 3.35. The number of benzene rings is 2. The van der Waals surface area contributed by atoms with Gasteiger partial charge in [0.2, 0.25) is 5.91 Å². The molecule has 1 aliphatic heterocycles. The molecule has 5 nitrogen and oxygen atoms in total. The van der Waals surface area contributed by atoms with Crippen LogP contribution < -0.4 is 5.32 Å². The molecule has 0 radical (unpaired) electrons. The highest BCUT2D eigenvalue weighted by molar-refractivity contribution is 5.94. The van der Waals surface area contributed by atoms with Crippen molar-refractivity contribution < 1.29 is 27.2 Å². The van der Waals surface area contributed by atoms with Gasteiger partial charge < -0.3 is 10.2 Å². The van der Waals surface area contributed by atoms with Crippen LogP contribution in [0.5, 0.6) is 0 Å². The molecule has 1 N–H and O–H groups in total. The summed E-state index contributed by atoms with van der Waals surface area (Å²) < 4.78 is 53.8. The van der Waals surface area contributed by atoms with Crippen LogP contribution in [0.1, 0.15) is 34.8 Å². The van der Waals surface area contributed by atoms with Gasteiger partial charge in [-0.05, 0) is 31.0 Å². The van der Waals surface area contributed by atoms with Crippen LogP contribution in [0.15, 0.2) is 36.4 Å². The summed E-state index contributed by atoms with van der Waals surface area (Å²) in [7, 11) is 0. The van der Waals surface area contributed by atoms with Gasteiger partial charge in [-0.15, -0.1) is 0 Å². The van der Waals surface area contributed by atoms with E-state index >= 15 is 0 Å². The van der Waals surface area contributed by atoms with E-state index in [1.807, 2.05) is 0 Å². The zero-order valence-electron chi connectivity index (χ0n) is 15.7. The Kier molecular flexibility index (Phi) is 6.35. The van der Waals surface area contributed by atoms with Crippen LogP contribution in [-0.4, -0.2) is 29.8 Å². The SMILES string of the molecule is N#CC(NC(=O)C1CCN(C(=O)c2ccc(F)cc2F)CC1)c1ccc(F)cc1F. The second kappa shape index (κ2) is 8.95. The molecule has 0 spiro atoms. The van der Waals surface area contributed by atoms with Gasteiger partial charge in [0.1, 0.15) is 29.3 Å². The Morgan fingerprint density at radius 3 is 2.17 bits per heavy atom. The molecule has 1 saturated heterocycles. The smallest absolute Gasteiger partial charge is 0.256 e. The maximum Gasteiger partial charge on any atom is 0.256 e. The normalized spacial score (nSPS) is 15.4. The minimum atomic E-state index is -1.29. The molecule has 2 amide bonds. The molecule has 0 bridgehead atoms. The Hall–Kier alpha value is -3.41. The summed E-state index contributed by atoms with van der Waals surface area (Å²) in [4.78, 5) is 26.3. The summed E-state index contributed by atoms with van der Waals surface area (Å²) >= 11 is 0. The van der Waals surface area contributed by atoms with E-state index in [0.29, 0.717) is 12.1 Å². The molecule has 0 saturated carbocycles. The third-order valence-electron chi connectivity index (χ3n) is 5.00. The molecular formula is C21H17F4N3O2. The lowest BCUT2D eigenvalue weighted by Gasteiger charge is -2.32. The minimum Gasteiger partial charge on any atom is -0.339 e. The molecule has 1 atom stereocenters. The predicted octanol–water partition coefficient (Wildman–Crippen LogP) is 3.48. The van der Waals surface area contributed by atoms with Gasteiger partial charge in [0.25, 0.3) is 5.91 Å². The number of carbonyl (C=O) groups is 2. The lowest BCUT2D eigenvalue weighted by atomic mass is 9.94. The lowest BCUT2D eigenvalue weighted by Crippen LogP contribution is -2.43. The van der Waals surface area contributed by atoms with Crippen LogP contribution in [-0.2, 0) is 4.79 Å². The van der Waals surface area contributed by atoms with E-state index in [1.54, 1.807) is 6.07 Å². The summed E-state index contributed by atoms with van der Waals surface area (Å²) in [6.45, 7) is 0.325. The quantitative estimate of drug-likeness (QED) is 0.772. The molecule has 9 heteroatoms. The molecule has 1 fully saturated rings. The van der Waals surface area contributed by atoms with Crippen molar-refractivity contribution >= 4 is 11.8 Å². The topological polar surface area (TPSA) is 73.2 Å². The van der Waals surface area contributed by atoms with Crippen molar-refractivity contribution in [2.45, 2.75) is 18.9 Å². The van der Waals surface area contributed by atoms with Gasteiger partial charge in [-0.3, -0.25) is 9.59 Å². The van der Waals surface area contributed by atoms with Crippen LogP contribution in [0.25, 0.3) is 0 Å². The van der Waals surface area contributed by atoms with Gasteiger partial charge >= 0.3 is 0 Å². The van der Waals surface area contributed by atoms with E-state index in [0.717, 1.165) is 24.3 Å². The first-order chi connectivity index (χ1) is 14.3. The zero-order valence-corrected chi connectivity index (χ0v) is 15.7. The van der Waals surface area contributed by atoms with Gasteiger partial charge in [-0.1, -0.05) is 6.07 Å². The van der Waals surface area contributed by atoms with Crippen molar-refractivity contribution in [3.63, 3.8) is 0 Å². The molecule has 0 aromatic heterocycles. The van der Waals surface area contributed by atoms with Crippen LogP contribution in [0.3, 0.4) is 0 Å². The van der Waals surface area contributed by atoms with Crippen molar-refractivity contribution in [3.05, 3.63) is 70.8 Å². The minimum absolute atomic E-state index is 0.147. The Labute approximate surface area is 169 Å². The summed E-state index contributed by atoms with van der Waals surface area (Å²) in [5, 5.41) is 11.7. The molecular weight excluding hydrogens is 402 g/mol. The summed E-state index contributed by atoms with van der Waals surface area (Å²) in [5.74, 6) is -5.12. The highest BCUT2D eigenvalue weighted by Gasteiger charge is 2.30. The molecule has 156 valence electrons. The highest BCUT2D eigenvalue weighted by atomic mass is 19.1. The maximum atomic E-state index is 13.9. The van der Waals surface area contributed by atoms with Crippen LogP contribution in [0.2, 0.25) is 0 Å². The maximum absolute atomic E-state index is 13.9. The average Bonchev–Trinajstić information content (AvgIpc) is 2.72. The van der Waals surface area contributed by atoms with E-state index in [2.05, 4.69) is 5.32 Å². The van der Waals surface area contributed by atoms with Gasteiger partial charge in [0, 0.05) is 36.7 Å². The number of piperidine rings is 1. The lowest BCUT2D eigenvalue weighted by molar-refractivity contribution is -0.126. The summed E-state index contributed by atoms with van der Waals surface area (Å²) in [5.41, 5.74) is -0.401. The fraction of sp³-hybridized carbons (Fsp3) is 0.286. The van der Waals surface area contributed by atoms with Crippen molar-refractivity contribution in [3.8, 4) is 6.07 Å². The number of hydrogen-bond acceptors (Lipinski definition) is 3. The fourth-order valence-electron chi connectivity index (χ4n) is 3.35. The molecule has 1 unspecified atom stereocenters. The molecule has 2 aromatic rings. The molecule has 0 aliphatic carbocycles. The van der Waals surface area contributed by atoms with Crippen molar-refractivity contribution in [2.75, 3.05) is 13.1 Å². The average molecular weight is 419 g/mol. The number of rotatable bonds is 4. The molecule has 3 rings (SSSR count). The Balaban J connectivity index is 1.61. The van der Waals surface area contributed by atoms with Crippen molar-refractivity contribution in [2.24, 2.45) is 5.92 Å². The molecule has 30 heavy (non-hydrogen) atoms. The Morgan fingerprint density at radius 1 is 1.00 bits per heavy atom. The van der Waals surface area contributed by atoms with Crippen LogP contribution >= 0.6 is 0 Å². The number of nitriles is 1. The van der Waals surface area contributed by atoms with Gasteiger partial charge in [0.05, 0.1) is 11.6 Å². The van der Waals surface area contributed by atoms with Crippen molar-refractivity contribution in [1.82, 2.24) is 10.2 Å². The monoisotopic (exact) mass is 419 g/mol. The first kappa shape index (κ1) is 21.3. The molecule has 1 aliphatic rings. The number of nitrogens with zero attached hydrogens (tertiary/aromatic N) is 2. The number of nitrogens with one attached hydrogen (secondary N) is 1. The summed E-state index contributed by atoms with van der Waals surface area (Å²) in [6.07, 6.45) is 0.509. The van der Waals surface area contributed by atoms with Gasteiger partial charge in [-0.2, -0.15) is 5.26 Å². The second-order valence-corrected chi connectivity index (χ2v) is 6.93. The molecule has 1 heterocycles. The number of hydrogen-bond donors (Lipinski definition) is 1. The van der Waals surface area contributed by atoms with Crippen LogP contribution in [0.4, 0.5) is 17.6 Å². The zero-order chi connectivity index (χ0) is 21.8. The van der Waals surface area contributed by atoms with E-state index < -0.39 is 47.0 Å². The molecule has 2 aromatic carbocycles. The first-order valence-corrected chi connectivity index (χ1v) is 9.19. The number of amides is 2. The van der Waals surface area contributed by atoms with Crippen molar-refractivity contribution in [1.29, 1.82) is 5.26 Å². The number of likely N-dealkylation sites (tertiary alicyclic amines) is 1. The van der Waals surface area contributed by atoms with Gasteiger partial charge in [0.15, 0.2) is 0 Å². The van der Waals surface area contributed by atoms with E-state index in [-0.39, 0.29) is 37.1 Å². The third kappa shape index (κ3) is 4.59. The predicted molar refractivity (Wildman–Crippen MR) is 97.8 cm³/mol. The third-order valence-corrected chi connectivity index (χ3v) is 5.00. The van der Waals surface area contributed by atoms with E-state index in [1.165, 1.54) is 4.90 Å². The Bertz CT molecular complexity index is 1010. The Morgan fingerprint density at radius 2 is 1.60 bits per heavy atom. The van der Waals surface area contributed by atoms with E-state index in [9.17, 15) is 32.4 Å². The van der Waals surface area contributed by atoms with Gasteiger partial charge in [-0.25, -0.2) is 17.6 Å². The summed E-state index contributed by atoms with van der Waals surface area (Å²) in [6, 6.07) is 5.90. The largest absolute Gasteiger partial charge is 0.339 e. The first-order valence-electron chi connectivity index (χ1n) is 9.19. The van der Waals surface area contributed by atoms with E-state index in [4.69, 9.17) is 0 Å². The standard InChI is InChI=1S/C21H17F4N3O2/c22-13-1-3-15(17(24)9-13)19(11-26)27-20(29)12-5-7-28(8-6-12)21(30)16-4-2-14(23)10-18(16)25/h1-4,9-10,12,19H,5-8H2,(H,27,29). The number of carbonyl (C=O) groups excluding carboxylic acids is 2. The highest BCUT2D eigenvalue weighted by Crippen LogP contribution is 2.23. The number of halogens is 4. The second-order valence-electron chi connectivity index (χ2n) is 6.93.